The van der Waals surface area contributed by atoms with Crippen LogP contribution in [0.25, 0.3) is 10.9 Å². The molecule has 0 bridgehead atoms. The van der Waals surface area contributed by atoms with E-state index in [1.54, 1.807) is 0 Å². The fourth-order valence-electron chi connectivity index (χ4n) is 3.41. The van der Waals surface area contributed by atoms with Crippen LogP contribution >= 0.6 is 0 Å². The Labute approximate surface area is 118 Å². The molecule has 0 spiro atoms. The molecule has 3 heteroatoms. The Morgan fingerprint density at radius 3 is 2.65 bits per heavy atom. The van der Waals surface area contributed by atoms with E-state index in [4.69, 9.17) is 4.98 Å². The zero-order valence-corrected chi connectivity index (χ0v) is 12.4. The Morgan fingerprint density at radius 2 is 2.00 bits per heavy atom. The van der Waals surface area contributed by atoms with Gasteiger partial charge in [0, 0.05) is 10.8 Å². The Hall–Kier alpha value is -1.90. The summed E-state index contributed by atoms with van der Waals surface area (Å²) in [6.07, 6.45) is 1.77. The van der Waals surface area contributed by atoms with Gasteiger partial charge in [0.25, 0.3) is 0 Å². The molecule has 0 amide bonds. The Bertz CT molecular complexity index is 744. The van der Waals surface area contributed by atoms with E-state index >= 15 is 0 Å². The summed E-state index contributed by atoms with van der Waals surface area (Å²) in [4.78, 5) is 16.6. The van der Waals surface area contributed by atoms with Gasteiger partial charge in [-0.05, 0) is 49.4 Å². The molecule has 1 aliphatic rings. The summed E-state index contributed by atoms with van der Waals surface area (Å²) < 4.78 is 0. The second-order valence-electron chi connectivity index (χ2n) is 6.48. The molecule has 3 rings (SSSR count). The third-order valence-corrected chi connectivity index (χ3v) is 4.38. The molecular formula is C17H19NO2. The lowest BCUT2D eigenvalue weighted by Gasteiger charge is -2.19. The molecule has 1 aromatic carbocycles. The van der Waals surface area contributed by atoms with Crippen molar-refractivity contribution in [3.63, 3.8) is 0 Å². The monoisotopic (exact) mass is 269 g/mol. The molecule has 2 aromatic rings. The van der Waals surface area contributed by atoms with E-state index in [0.717, 1.165) is 46.1 Å². The third kappa shape index (κ3) is 1.73. The lowest BCUT2D eigenvalue weighted by molar-refractivity contribution is 0.0698. The first-order valence-corrected chi connectivity index (χ1v) is 6.99. The van der Waals surface area contributed by atoms with Crippen molar-refractivity contribution in [3.8, 4) is 0 Å². The lowest BCUT2D eigenvalue weighted by Crippen LogP contribution is -2.15. The molecule has 1 aromatic heterocycles. The van der Waals surface area contributed by atoms with E-state index in [0.29, 0.717) is 5.56 Å². The van der Waals surface area contributed by atoms with Gasteiger partial charge in [-0.25, -0.2) is 4.79 Å². The van der Waals surface area contributed by atoms with Crippen molar-refractivity contribution >= 4 is 16.9 Å². The SMILES string of the molecule is Cc1cc(C)c2c(C(=O)O)c3c(nc2c1)C(C)(C)CC3. The number of aromatic nitrogens is 1. The molecule has 0 fully saturated rings. The Morgan fingerprint density at radius 1 is 1.30 bits per heavy atom. The highest BCUT2D eigenvalue weighted by atomic mass is 16.4. The Kier molecular flexibility index (Phi) is 2.65. The fraction of sp³-hybridized carbons (Fsp3) is 0.412. The van der Waals surface area contributed by atoms with E-state index in [1.165, 1.54) is 0 Å². The van der Waals surface area contributed by atoms with E-state index in [-0.39, 0.29) is 5.41 Å². The average molecular weight is 269 g/mol. The van der Waals surface area contributed by atoms with Crippen LogP contribution in [0.15, 0.2) is 12.1 Å². The summed E-state index contributed by atoms with van der Waals surface area (Å²) in [6.45, 7) is 8.28. The molecular weight excluding hydrogens is 250 g/mol. The molecule has 0 unspecified atom stereocenters. The number of carbonyl (C=O) groups is 1. The van der Waals surface area contributed by atoms with Gasteiger partial charge in [-0.3, -0.25) is 4.98 Å². The maximum Gasteiger partial charge on any atom is 0.336 e. The number of carboxylic acid groups (broad SMARTS) is 1. The smallest absolute Gasteiger partial charge is 0.336 e. The molecule has 1 heterocycles. The number of pyridine rings is 1. The lowest BCUT2D eigenvalue weighted by atomic mass is 9.89. The number of benzene rings is 1. The van der Waals surface area contributed by atoms with Crippen molar-refractivity contribution in [2.45, 2.75) is 46.0 Å². The van der Waals surface area contributed by atoms with Gasteiger partial charge < -0.3 is 5.11 Å². The van der Waals surface area contributed by atoms with Gasteiger partial charge in [0.05, 0.1) is 16.8 Å². The maximum atomic E-state index is 11.8. The highest BCUT2D eigenvalue weighted by molar-refractivity contribution is 6.06. The van der Waals surface area contributed by atoms with E-state index in [9.17, 15) is 9.90 Å². The number of aryl methyl sites for hydroxylation is 2. The summed E-state index contributed by atoms with van der Waals surface area (Å²) in [5.74, 6) is -0.835. The van der Waals surface area contributed by atoms with Gasteiger partial charge in [0.2, 0.25) is 0 Å². The van der Waals surface area contributed by atoms with Crippen molar-refractivity contribution in [2.75, 3.05) is 0 Å². The molecule has 0 saturated heterocycles. The molecule has 1 aliphatic carbocycles. The average Bonchev–Trinajstić information content (AvgIpc) is 2.62. The van der Waals surface area contributed by atoms with Crippen molar-refractivity contribution < 1.29 is 9.90 Å². The van der Waals surface area contributed by atoms with Gasteiger partial charge in [-0.15, -0.1) is 0 Å². The summed E-state index contributed by atoms with van der Waals surface area (Å²) in [7, 11) is 0. The van der Waals surface area contributed by atoms with Crippen molar-refractivity contribution in [2.24, 2.45) is 0 Å². The van der Waals surface area contributed by atoms with Crippen molar-refractivity contribution in [1.82, 2.24) is 4.98 Å². The van der Waals surface area contributed by atoms with Gasteiger partial charge in [-0.1, -0.05) is 19.9 Å². The van der Waals surface area contributed by atoms with Gasteiger partial charge in [-0.2, -0.15) is 0 Å². The minimum atomic E-state index is -0.835. The molecule has 3 nitrogen and oxygen atoms in total. The predicted octanol–water partition coefficient (Wildman–Crippen LogP) is 3.77. The van der Waals surface area contributed by atoms with Gasteiger partial charge >= 0.3 is 5.97 Å². The minimum absolute atomic E-state index is 0.0363. The van der Waals surface area contributed by atoms with Crippen molar-refractivity contribution in [3.05, 3.63) is 40.1 Å². The quantitative estimate of drug-likeness (QED) is 0.857. The topological polar surface area (TPSA) is 50.2 Å². The van der Waals surface area contributed by atoms with Crippen LogP contribution in [0, 0.1) is 13.8 Å². The summed E-state index contributed by atoms with van der Waals surface area (Å²) in [5, 5.41) is 10.5. The number of fused-ring (bicyclic) bond motifs is 2. The molecule has 0 radical (unpaired) electrons. The van der Waals surface area contributed by atoms with Crippen LogP contribution in [0.5, 0.6) is 0 Å². The molecule has 0 atom stereocenters. The summed E-state index contributed by atoms with van der Waals surface area (Å²) in [5.41, 5.74) is 5.26. The number of rotatable bonds is 1. The van der Waals surface area contributed by atoms with Gasteiger partial charge in [0.1, 0.15) is 0 Å². The standard InChI is InChI=1S/C17H19NO2/c1-9-7-10(2)13-12(8-9)18-15-11(14(13)16(19)20)5-6-17(15,3)4/h7-8H,5-6H2,1-4H3,(H,19,20). The third-order valence-electron chi connectivity index (χ3n) is 4.38. The van der Waals surface area contributed by atoms with Gasteiger partial charge in [0.15, 0.2) is 0 Å². The van der Waals surface area contributed by atoms with Crippen LogP contribution in [0.3, 0.4) is 0 Å². The van der Waals surface area contributed by atoms with Crippen LogP contribution in [0.4, 0.5) is 0 Å². The molecule has 1 N–H and O–H groups in total. The highest BCUT2D eigenvalue weighted by Crippen LogP contribution is 2.41. The fourth-order valence-corrected chi connectivity index (χ4v) is 3.41. The second-order valence-corrected chi connectivity index (χ2v) is 6.48. The number of hydrogen-bond acceptors (Lipinski definition) is 2. The van der Waals surface area contributed by atoms with Crippen LogP contribution in [-0.4, -0.2) is 16.1 Å². The van der Waals surface area contributed by atoms with Crippen molar-refractivity contribution in [1.29, 1.82) is 0 Å². The van der Waals surface area contributed by atoms with E-state index in [2.05, 4.69) is 13.8 Å². The number of carboxylic acids is 1. The first-order chi connectivity index (χ1) is 9.31. The molecule has 104 valence electrons. The number of aromatic carboxylic acids is 1. The molecule has 20 heavy (non-hydrogen) atoms. The zero-order chi connectivity index (χ0) is 14.7. The predicted molar refractivity (Wildman–Crippen MR) is 79.5 cm³/mol. The first-order valence-electron chi connectivity index (χ1n) is 6.99. The summed E-state index contributed by atoms with van der Waals surface area (Å²) in [6, 6.07) is 4.02. The van der Waals surface area contributed by atoms with Crippen LogP contribution in [0.2, 0.25) is 0 Å². The largest absolute Gasteiger partial charge is 0.478 e. The normalized spacial score (nSPS) is 16.4. The van der Waals surface area contributed by atoms with E-state index < -0.39 is 5.97 Å². The minimum Gasteiger partial charge on any atom is -0.478 e. The Balaban J connectivity index is 2.51. The molecule has 0 aliphatic heterocycles. The second kappa shape index (κ2) is 4.05. The zero-order valence-electron chi connectivity index (χ0n) is 12.4. The highest BCUT2D eigenvalue weighted by Gasteiger charge is 2.35. The molecule has 0 saturated carbocycles. The van der Waals surface area contributed by atoms with Crippen LogP contribution < -0.4 is 0 Å². The van der Waals surface area contributed by atoms with Crippen LogP contribution in [-0.2, 0) is 11.8 Å². The first kappa shape index (κ1) is 13.1. The van der Waals surface area contributed by atoms with Crippen LogP contribution in [0.1, 0.15) is 53.0 Å². The summed E-state index contributed by atoms with van der Waals surface area (Å²) >= 11 is 0. The maximum absolute atomic E-state index is 11.8. The number of nitrogens with zero attached hydrogens (tertiary/aromatic N) is 1. The number of hydrogen-bond donors (Lipinski definition) is 1. The van der Waals surface area contributed by atoms with E-state index in [1.807, 2.05) is 26.0 Å².